The van der Waals surface area contributed by atoms with Crippen molar-refractivity contribution in [1.29, 1.82) is 0 Å². The third-order valence-corrected chi connectivity index (χ3v) is 6.07. The van der Waals surface area contributed by atoms with Crippen LogP contribution in [0.25, 0.3) is 0 Å². The number of sulfonamides is 1. The zero-order chi connectivity index (χ0) is 23.3. The molecule has 13 heteroatoms. The highest BCUT2D eigenvalue weighted by molar-refractivity contribution is 7.99. The van der Waals surface area contributed by atoms with Crippen molar-refractivity contribution in [1.82, 2.24) is 9.55 Å². The van der Waals surface area contributed by atoms with Crippen molar-refractivity contribution in [2.75, 3.05) is 10.0 Å². The molecule has 0 atom stereocenters. The van der Waals surface area contributed by atoms with E-state index in [9.17, 15) is 31.6 Å². The second-order valence-corrected chi connectivity index (χ2v) is 9.07. The summed E-state index contributed by atoms with van der Waals surface area (Å²) >= 11 is 0.342. The monoisotopic (exact) mass is 482 g/mol. The predicted octanol–water partition coefficient (Wildman–Crippen LogP) is 2.29. The van der Waals surface area contributed by atoms with Crippen LogP contribution in [0.1, 0.15) is 0 Å². The highest BCUT2D eigenvalue weighted by Gasteiger charge is 2.16. The van der Waals surface area contributed by atoms with Crippen LogP contribution in [0.15, 0.2) is 80.2 Å². The number of nitrogens with zero attached hydrogens (tertiary/aromatic N) is 1. The van der Waals surface area contributed by atoms with Crippen molar-refractivity contribution < 1.29 is 22.0 Å². The minimum atomic E-state index is -4.03. The second kappa shape index (κ2) is 9.78. The summed E-state index contributed by atoms with van der Waals surface area (Å²) in [6.45, 7) is -0.395. The number of thioether (sulfide) groups is 1. The molecule has 0 aliphatic heterocycles. The summed E-state index contributed by atoms with van der Waals surface area (Å²) in [6, 6.07) is 11.9. The number of hydrogen-bond acceptors (Lipinski definition) is 6. The van der Waals surface area contributed by atoms with Crippen molar-refractivity contribution in [3.05, 3.63) is 81.6 Å². The maximum atomic E-state index is 12.6. The first-order valence-corrected chi connectivity index (χ1v) is 11.3. The summed E-state index contributed by atoms with van der Waals surface area (Å²) in [5, 5.41) is 2.48. The predicted molar refractivity (Wildman–Crippen MR) is 116 cm³/mol. The van der Waals surface area contributed by atoms with E-state index in [2.05, 4.69) is 10.0 Å². The Morgan fingerprint density at radius 3 is 2.44 bits per heavy atom. The van der Waals surface area contributed by atoms with Gasteiger partial charge in [0.15, 0.2) is 0 Å². The molecule has 1 amide bonds. The van der Waals surface area contributed by atoms with Crippen molar-refractivity contribution in [3.8, 4) is 0 Å². The first-order valence-electron chi connectivity index (χ1n) is 8.90. The molecule has 3 aromatic rings. The van der Waals surface area contributed by atoms with Crippen LogP contribution in [0, 0.1) is 0 Å². The van der Waals surface area contributed by atoms with Gasteiger partial charge in [-0.15, -0.1) is 0 Å². The molecule has 3 rings (SSSR count). The molecule has 0 bridgehead atoms. The highest BCUT2D eigenvalue weighted by atomic mass is 32.2. The molecule has 2 aromatic carbocycles. The smallest absolute Gasteiger partial charge is 0.324 e. The molecule has 3 N–H and O–H groups in total. The number of aromatic nitrogens is 2. The molecule has 168 valence electrons. The summed E-state index contributed by atoms with van der Waals surface area (Å²) in [4.78, 5) is 37.1. The van der Waals surface area contributed by atoms with Crippen LogP contribution < -0.4 is 21.3 Å². The minimum absolute atomic E-state index is 0.150. The van der Waals surface area contributed by atoms with Crippen LogP contribution >= 0.6 is 11.8 Å². The first kappa shape index (κ1) is 23.2. The largest absolute Gasteiger partial charge is 0.328 e. The number of amides is 1. The fourth-order valence-corrected chi connectivity index (χ4v) is 4.19. The van der Waals surface area contributed by atoms with E-state index in [0.29, 0.717) is 11.8 Å². The molecule has 0 aliphatic rings. The SMILES string of the molecule is O=C(Cn1ccc(=O)[nH]c1=O)Nc1cccc(S(=O)(=O)Nc2ccc(SC(F)F)cc2)c1. The van der Waals surface area contributed by atoms with Gasteiger partial charge in [0.25, 0.3) is 21.3 Å². The standard InChI is InChI=1S/C19H16F2N4O5S2/c20-18(21)31-14-6-4-12(5-7-14)24-32(29,30)15-3-1-2-13(10-15)22-17(27)11-25-9-8-16(26)23-19(25)28/h1-10,18,24H,11H2,(H,22,27)(H,23,26,28). The molecule has 0 fully saturated rings. The normalized spacial score (nSPS) is 11.3. The first-order chi connectivity index (χ1) is 15.1. The van der Waals surface area contributed by atoms with E-state index in [1.807, 2.05) is 4.98 Å². The lowest BCUT2D eigenvalue weighted by Gasteiger charge is -2.11. The van der Waals surface area contributed by atoms with Crippen molar-refractivity contribution >= 4 is 39.1 Å². The molecule has 0 saturated heterocycles. The van der Waals surface area contributed by atoms with Crippen molar-refractivity contribution in [2.24, 2.45) is 0 Å². The number of benzene rings is 2. The van der Waals surface area contributed by atoms with E-state index >= 15 is 0 Å². The van der Waals surface area contributed by atoms with E-state index in [1.165, 1.54) is 48.5 Å². The Bertz CT molecular complexity index is 1340. The van der Waals surface area contributed by atoms with E-state index in [4.69, 9.17) is 0 Å². The lowest BCUT2D eigenvalue weighted by molar-refractivity contribution is -0.116. The average molecular weight is 482 g/mol. The number of H-pyrrole nitrogens is 1. The molecule has 1 aromatic heterocycles. The molecule has 0 saturated carbocycles. The van der Waals surface area contributed by atoms with Gasteiger partial charge in [-0.05, 0) is 42.5 Å². The van der Waals surface area contributed by atoms with E-state index in [-0.39, 0.29) is 21.2 Å². The Kier molecular flexibility index (Phi) is 7.10. The molecule has 32 heavy (non-hydrogen) atoms. The van der Waals surface area contributed by atoms with Crippen molar-refractivity contribution in [2.45, 2.75) is 22.1 Å². The van der Waals surface area contributed by atoms with Crippen LogP contribution in [-0.4, -0.2) is 29.6 Å². The van der Waals surface area contributed by atoms with E-state index < -0.39 is 39.5 Å². The fraction of sp³-hybridized carbons (Fsp3) is 0.105. The zero-order valence-corrected chi connectivity index (χ0v) is 17.8. The number of nitrogens with one attached hydrogen (secondary N) is 3. The molecule has 1 heterocycles. The van der Waals surface area contributed by atoms with E-state index in [1.54, 1.807) is 0 Å². The molecule has 9 nitrogen and oxygen atoms in total. The summed E-state index contributed by atoms with van der Waals surface area (Å²) < 4.78 is 53.4. The van der Waals surface area contributed by atoms with Gasteiger partial charge in [0.1, 0.15) is 6.54 Å². The van der Waals surface area contributed by atoms with Gasteiger partial charge in [-0.3, -0.25) is 23.9 Å². The molecular formula is C19H16F2N4O5S2. The molecule has 0 spiro atoms. The van der Waals surface area contributed by atoms with Gasteiger partial charge in [-0.2, -0.15) is 8.78 Å². The Morgan fingerprint density at radius 2 is 1.78 bits per heavy atom. The summed E-state index contributed by atoms with van der Waals surface area (Å²) in [5.41, 5.74) is -1.01. The van der Waals surface area contributed by atoms with Crippen LogP contribution in [-0.2, 0) is 21.4 Å². The van der Waals surface area contributed by atoms with Crippen LogP contribution in [0.2, 0.25) is 0 Å². The Hall–Kier alpha value is -3.45. The summed E-state index contributed by atoms with van der Waals surface area (Å²) in [5.74, 6) is -3.20. The topological polar surface area (TPSA) is 130 Å². The molecule has 0 aliphatic carbocycles. The number of rotatable bonds is 8. The fourth-order valence-electron chi connectivity index (χ4n) is 2.58. The van der Waals surface area contributed by atoms with Crippen LogP contribution in [0.5, 0.6) is 0 Å². The van der Waals surface area contributed by atoms with Gasteiger partial charge >= 0.3 is 5.69 Å². The highest BCUT2D eigenvalue weighted by Crippen LogP contribution is 2.27. The van der Waals surface area contributed by atoms with Gasteiger partial charge in [0.2, 0.25) is 5.91 Å². The quantitative estimate of drug-likeness (QED) is 0.423. The summed E-state index contributed by atoms with van der Waals surface area (Å²) in [6.07, 6.45) is 1.16. The molecular weight excluding hydrogens is 466 g/mol. The van der Waals surface area contributed by atoms with E-state index in [0.717, 1.165) is 16.8 Å². The van der Waals surface area contributed by atoms with Gasteiger partial charge in [-0.1, -0.05) is 17.8 Å². The maximum Gasteiger partial charge on any atom is 0.328 e. The van der Waals surface area contributed by atoms with Gasteiger partial charge in [0.05, 0.1) is 4.90 Å². The third-order valence-electron chi connectivity index (χ3n) is 3.97. The third kappa shape index (κ3) is 6.28. The Labute approximate surface area is 184 Å². The number of carbonyl (C=O) groups excluding carboxylic acids is 1. The van der Waals surface area contributed by atoms with Crippen LogP contribution in [0.3, 0.4) is 0 Å². The number of anilines is 2. The number of alkyl halides is 2. The number of carbonyl (C=O) groups is 1. The maximum absolute atomic E-state index is 12.6. The average Bonchev–Trinajstić information content (AvgIpc) is 2.71. The minimum Gasteiger partial charge on any atom is -0.324 e. The number of hydrogen-bond donors (Lipinski definition) is 3. The lowest BCUT2D eigenvalue weighted by Crippen LogP contribution is -2.32. The second-order valence-electron chi connectivity index (χ2n) is 6.32. The molecule has 0 unspecified atom stereocenters. The zero-order valence-electron chi connectivity index (χ0n) is 16.1. The Morgan fingerprint density at radius 1 is 1.06 bits per heavy atom. The number of halogens is 2. The number of aromatic amines is 1. The van der Waals surface area contributed by atoms with Gasteiger partial charge in [0, 0.05) is 28.5 Å². The van der Waals surface area contributed by atoms with Crippen molar-refractivity contribution in [3.63, 3.8) is 0 Å². The summed E-state index contributed by atoms with van der Waals surface area (Å²) in [7, 11) is -4.03. The van der Waals surface area contributed by atoms with Gasteiger partial charge in [-0.25, -0.2) is 13.2 Å². The Balaban J connectivity index is 1.70. The molecule has 0 radical (unpaired) electrons. The lowest BCUT2D eigenvalue weighted by atomic mass is 10.3. The van der Waals surface area contributed by atoms with Gasteiger partial charge < -0.3 is 5.32 Å². The van der Waals surface area contributed by atoms with Crippen LogP contribution in [0.4, 0.5) is 20.2 Å².